The van der Waals surface area contributed by atoms with Crippen LogP contribution in [-0.2, 0) is 0 Å². The summed E-state index contributed by atoms with van der Waals surface area (Å²) >= 11 is 0. The summed E-state index contributed by atoms with van der Waals surface area (Å²) in [5.74, 6) is 1.88. The molecule has 0 spiro atoms. The van der Waals surface area contributed by atoms with Crippen molar-refractivity contribution in [2.24, 2.45) is 5.73 Å². The van der Waals surface area contributed by atoms with Crippen molar-refractivity contribution in [1.29, 1.82) is 5.41 Å². The van der Waals surface area contributed by atoms with Gasteiger partial charge in [-0.1, -0.05) is 24.3 Å². The van der Waals surface area contributed by atoms with E-state index in [4.69, 9.17) is 20.9 Å². The lowest BCUT2D eigenvalue weighted by molar-refractivity contribution is 0.162. The van der Waals surface area contributed by atoms with E-state index in [0.29, 0.717) is 0 Å². The lowest BCUT2D eigenvalue weighted by Gasteiger charge is -2.24. The van der Waals surface area contributed by atoms with Crippen LogP contribution in [0.4, 0.5) is 0 Å². The van der Waals surface area contributed by atoms with Crippen molar-refractivity contribution in [3.63, 3.8) is 0 Å². The maximum Gasteiger partial charge on any atom is 0.123 e. The van der Waals surface area contributed by atoms with Gasteiger partial charge in [0, 0.05) is 17.0 Å². The van der Waals surface area contributed by atoms with Crippen molar-refractivity contribution >= 4 is 27.6 Å². The molecule has 4 aromatic rings. The SMILES string of the molecule is Cc1cc(OC2CCNCC2)cc2c1nc(C)n2-c1ccc(C(=N)N)c2ccccc12. The fourth-order valence-corrected chi connectivity index (χ4v) is 4.62. The van der Waals surface area contributed by atoms with Crippen LogP contribution in [0, 0.1) is 19.3 Å². The number of nitrogens with one attached hydrogen (secondary N) is 2. The summed E-state index contributed by atoms with van der Waals surface area (Å²) in [6, 6.07) is 16.2. The third kappa shape index (κ3) is 3.43. The van der Waals surface area contributed by atoms with Gasteiger partial charge in [-0.2, -0.15) is 0 Å². The molecule has 3 aromatic carbocycles. The molecule has 1 saturated heterocycles. The minimum Gasteiger partial charge on any atom is -0.490 e. The summed E-state index contributed by atoms with van der Waals surface area (Å²) in [5, 5.41) is 13.3. The molecule has 1 fully saturated rings. The summed E-state index contributed by atoms with van der Waals surface area (Å²) in [6.07, 6.45) is 2.28. The van der Waals surface area contributed by atoms with Crippen LogP contribution >= 0.6 is 0 Å². The first kappa shape index (κ1) is 19.6. The zero-order valence-corrected chi connectivity index (χ0v) is 17.9. The van der Waals surface area contributed by atoms with Crippen molar-refractivity contribution < 1.29 is 4.74 Å². The molecule has 158 valence electrons. The number of hydrogen-bond acceptors (Lipinski definition) is 4. The standard InChI is InChI=1S/C25H27N5O/c1-15-13-18(31-17-9-11-28-12-10-17)14-23-24(15)29-16(2)30(23)22-8-7-21(25(26)27)19-5-3-4-6-20(19)22/h3-8,13-14,17,28H,9-12H2,1-2H3,(H3,26,27). The number of hydrogen-bond donors (Lipinski definition) is 3. The quantitative estimate of drug-likeness (QED) is 0.345. The highest BCUT2D eigenvalue weighted by Gasteiger charge is 2.19. The highest BCUT2D eigenvalue weighted by Crippen LogP contribution is 2.33. The number of imidazole rings is 1. The molecule has 1 aromatic heterocycles. The van der Waals surface area contributed by atoms with Crippen LogP contribution in [-0.4, -0.2) is 34.6 Å². The molecular formula is C25H27N5O. The van der Waals surface area contributed by atoms with Gasteiger partial charge in [0.1, 0.15) is 23.5 Å². The smallest absolute Gasteiger partial charge is 0.123 e. The van der Waals surface area contributed by atoms with E-state index in [1.165, 1.54) is 0 Å². The molecule has 0 unspecified atom stereocenters. The van der Waals surface area contributed by atoms with Crippen LogP contribution in [0.2, 0.25) is 0 Å². The Morgan fingerprint density at radius 2 is 1.84 bits per heavy atom. The van der Waals surface area contributed by atoms with E-state index in [2.05, 4.69) is 35.0 Å². The molecule has 5 rings (SSSR count). The minimum atomic E-state index is 0.0727. The van der Waals surface area contributed by atoms with Gasteiger partial charge < -0.3 is 15.8 Å². The van der Waals surface area contributed by atoms with Crippen molar-refractivity contribution in [2.45, 2.75) is 32.8 Å². The van der Waals surface area contributed by atoms with Gasteiger partial charge in [0.15, 0.2) is 0 Å². The predicted molar refractivity (Wildman–Crippen MR) is 126 cm³/mol. The number of aromatic nitrogens is 2. The Hall–Kier alpha value is -3.38. The average molecular weight is 414 g/mol. The van der Waals surface area contributed by atoms with Crippen LogP contribution in [0.5, 0.6) is 5.75 Å². The minimum absolute atomic E-state index is 0.0727. The largest absolute Gasteiger partial charge is 0.490 e. The second-order valence-corrected chi connectivity index (χ2v) is 8.26. The Balaban J connectivity index is 1.69. The number of nitrogens with two attached hydrogens (primary N) is 1. The first-order valence-corrected chi connectivity index (χ1v) is 10.8. The summed E-state index contributed by atoms with van der Waals surface area (Å²) in [6.45, 7) is 6.11. The number of fused-ring (bicyclic) bond motifs is 2. The first-order valence-electron chi connectivity index (χ1n) is 10.8. The Kier molecular flexibility index (Phi) is 4.87. The van der Waals surface area contributed by atoms with Gasteiger partial charge in [-0.3, -0.25) is 9.98 Å². The highest BCUT2D eigenvalue weighted by atomic mass is 16.5. The number of piperidine rings is 1. The van der Waals surface area contributed by atoms with Crippen LogP contribution < -0.4 is 15.8 Å². The molecule has 2 heterocycles. The van der Waals surface area contributed by atoms with Gasteiger partial charge in [-0.05, 0) is 68.9 Å². The zero-order chi connectivity index (χ0) is 21.5. The van der Waals surface area contributed by atoms with Crippen molar-refractivity contribution in [3.8, 4) is 11.4 Å². The summed E-state index contributed by atoms with van der Waals surface area (Å²) in [5.41, 5.74) is 10.7. The first-order chi connectivity index (χ1) is 15.0. The van der Waals surface area contributed by atoms with Crippen molar-refractivity contribution in [3.05, 3.63) is 65.5 Å². The van der Waals surface area contributed by atoms with Gasteiger partial charge in [0.2, 0.25) is 0 Å². The molecule has 31 heavy (non-hydrogen) atoms. The molecule has 0 atom stereocenters. The lowest BCUT2D eigenvalue weighted by atomic mass is 10.0. The molecule has 6 nitrogen and oxygen atoms in total. The van der Waals surface area contributed by atoms with E-state index >= 15 is 0 Å². The monoisotopic (exact) mass is 413 g/mol. The normalized spacial score (nSPS) is 14.9. The second kappa shape index (κ2) is 7.71. The van der Waals surface area contributed by atoms with Gasteiger partial charge in [0.05, 0.1) is 16.7 Å². The van der Waals surface area contributed by atoms with E-state index in [1.54, 1.807) is 0 Å². The van der Waals surface area contributed by atoms with Crippen LogP contribution in [0.25, 0.3) is 27.5 Å². The van der Waals surface area contributed by atoms with Crippen molar-refractivity contribution in [1.82, 2.24) is 14.9 Å². The highest BCUT2D eigenvalue weighted by molar-refractivity contribution is 6.10. The molecule has 0 radical (unpaired) electrons. The fraction of sp³-hybridized carbons (Fsp3) is 0.280. The second-order valence-electron chi connectivity index (χ2n) is 8.26. The number of nitrogens with zero attached hydrogens (tertiary/aromatic N) is 2. The van der Waals surface area contributed by atoms with E-state index in [1.807, 2.05) is 37.3 Å². The Labute approximate surface area is 181 Å². The Bertz CT molecular complexity index is 1300. The maximum absolute atomic E-state index is 7.95. The van der Waals surface area contributed by atoms with Crippen LogP contribution in [0.15, 0.2) is 48.5 Å². The van der Waals surface area contributed by atoms with Gasteiger partial charge in [-0.15, -0.1) is 0 Å². The third-order valence-corrected chi connectivity index (χ3v) is 6.11. The fourth-order valence-electron chi connectivity index (χ4n) is 4.62. The lowest BCUT2D eigenvalue weighted by Crippen LogP contribution is -2.34. The summed E-state index contributed by atoms with van der Waals surface area (Å²) in [4.78, 5) is 4.87. The number of benzene rings is 3. The van der Waals surface area contributed by atoms with Gasteiger partial charge in [-0.25, -0.2) is 4.98 Å². The summed E-state index contributed by atoms with van der Waals surface area (Å²) in [7, 11) is 0. The molecule has 1 aliphatic heterocycles. The van der Waals surface area contributed by atoms with Crippen molar-refractivity contribution in [2.75, 3.05) is 13.1 Å². The molecule has 0 amide bonds. The van der Waals surface area contributed by atoms with Gasteiger partial charge in [0.25, 0.3) is 0 Å². The van der Waals surface area contributed by atoms with E-state index in [-0.39, 0.29) is 11.9 Å². The molecule has 0 aliphatic carbocycles. The molecule has 0 bridgehead atoms. The van der Waals surface area contributed by atoms with E-state index in [9.17, 15) is 0 Å². The molecule has 1 aliphatic rings. The van der Waals surface area contributed by atoms with Gasteiger partial charge >= 0.3 is 0 Å². The summed E-state index contributed by atoms with van der Waals surface area (Å²) < 4.78 is 8.54. The zero-order valence-electron chi connectivity index (χ0n) is 17.9. The molecule has 0 saturated carbocycles. The van der Waals surface area contributed by atoms with E-state index < -0.39 is 0 Å². The number of aryl methyl sites for hydroxylation is 2. The number of rotatable bonds is 4. The van der Waals surface area contributed by atoms with Crippen LogP contribution in [0.1, 0.15) is 29.8 Å². The van der Waals surface area contributed by atoms with Crippen LogP contribution in [0.3, 0.4) is 0 Å². The third-order valence-electron chi connectivity index (χ3n) is 6.11. The number of ether oxygens (including phenoxy) is 1. The average Bonchev–Trinajstić information content (AvgIpc) is 3.10. The molecule has 4 N–H and O–H groups in total. The maximum atomic E-state index is 7.95. The number of nitrogen functional groups attached to an aromatic ring is 1. The molecular weight excluding hydrogens is 386 g/mol. The number of amidine groups is 1. The topological polar surface area (TPSA) is 89.0 Å². The predicted octanol–water partition coefficient (Wildman–Crippen LogP) is 4.21. The molecule has 6 heteroatoms. The van der Waals surface area contributed by atoms with E-state index in [0.717, 1.165) is 76.1 Å². The Morgan fingerprint density at radius 3 is 2.58 bits per heavy atom. The Morgan fingerprint density at radius 1 is 1.10 bits per heavy atom.